The van der Waals surface area contributed by atoms with Gasteiger partial charge in [0, 0.05) is 42.3 Å². The molecular weight excluding hydrogens is 464 g/mol. The van der Waals surface area contributed by atoms with Gasteiger partial charge in [-0.2, -0.15) is 0 Å². The van der Waals surface area contributed by atoms with E-state index in [0.29, 0.717) is 28.9 Å². The van der Waals surface area contributed by atoms with Gasteiger partial charge in [0.05, 0.1) is 5.56 Å². The summed E-state index contributed by atoms with van der Waals surface area (Å²) < 4.78 is 0. The van der Waals surface area contributed by atoms with Crippen LogP contribution in [0.4, 0.5) is 10.5 Å². The smallest absolute Gasteiger partial charge is 0.319 e. The Bertz CT molecular complexity index is 1430. The molecule has 37 heavy (non-hydrogen) atoms. The summed E-state index contributed by atoms with van der Waals surface area (Å²) in [6, 6.07) is 22.9. The molecule has 0 aliphatic heterocycles. The molecule has 4 rings (SSSR count). The highest BCUT2D eigenvalue weighted by Gasteiger charge is 2.18. The molecular formula is C30H28N4O3. The minimum absolute atomic E-state index is 0.196. The molecule has 4 aromatic rings. The highest BCUT2D eigenvalue weighted by Crippen LogP contribution is 2.18. The van der Waals surface area contributed by atoms with Crippen LogP contribution in [0.2, 0.25) is 0 Å². The number of benzene rings is 3. The van der Waals surface area contributed by atoms with Crippen molar-refractivity contribution in [3.8, 4) is 0 Å². The number of hydrogen-bond acceptors (Lipinski definition) is 4. The Morgan fingerprint density at radius 3 is 2.19 bits per heavy atom. The number of ketones is 1. The van der Waals surface area contributed by atoms with E-state index in [1.165, 1.54) is 0 Å². The first-order valence-electron chi connectivity index (χ1n) is 11.9. The van der Waals surface area contributed by atoms with Crippen molar-refractivity contribution in [3.63, 3.8) is 0 Å². The van der Waals surface area contributed by atoms with Gasteiger partial charge in [0.2, 0.25) is 0 Å². The highest BCUT2D eigenvalue weighted by molar-refractivity contribution is 6.15. The number of carbonyl (C=O) groups excluding carboxylic acids is 3. The van der Waals surface area contributed by atoms with Crippen LogP contribution in [0.1, 0.15) is 48.5 Å². The Morgan fingerprint density at radius 1 is 0.703 bits per heavy atom. The first kappa shape index (κ1) is 25.3. The van der Waals surface area contributed by atoms with Gasteiger partial charge in [-0.05, 0) is 72.5 Å². The Kier molecular flexibility index (Phi) is 8.05. The fourth-order valence-corrected chi connectivity index (χ4v) is 3.81. The summed E-state index contributed by atoms with van der Waals surface area (Å²) >= 11 is 0. The second kappa shape index (κ2) is 11.8. The Balaban J connectivity index is 1.38. The molecule has 0 aliphatic carbocycles. The molecule has 3 amide bonds. The van der Waals surface area contributed by atoms with Gasteiger partial charge in [-0.15, -0.1) is 0 Å². The fourth-order valence-electron chi connectivity index (χ4n) is 3.81. The number of nitrogens with zero attached hydrogens (tertiary/aromatic N) is 1. The maximum absolute atomic E-state index is 13.2. The topological polar surface area (TPSA) is 100 Å². The van der Waals surface area contributed by atoms with Crippen LogP contribution in [0.5, 0.6) is 0 Å². The van der Waals surface area contributed by atoms with Gasteiger partial charge >= 0.3 is 6.03 Å². The molecule has 7 heteroatoms. The predicted molar refractivity (Wildman–Crippen MR) is 143 cm³/mol. The van der Waals surface area contributed by atoms with E-state index >= 15 is 0 Å². The highest BCUT2D eigenvalue weighted by atomic mass is 16.2. The number of amides is 3. The van der Waals surface area contributed by atoms with Crippen LogP contribution in [0.25, 0.3) is 0 Å². The number of hydrogen-bond donors (Lipinski definition) is 3. The third-order valence-electron chi connectivity index (χ3n) is 6.03. The van der Waals surface area contributed by atoms with E-state index in [9.17, 15) is 14.4 Å². The van der Waals surface area contributed by atoms with Gasteiger partial charge in [0.15, 0.2) is 5.78 Å². The van der Waals surface area contributed by atoms with Crippen LogP contribution in [0, 0.1) is 13.8 Å². The van der Waals surface area contributed by atoms with E-state index in [4.69, 9.17) is 0 Å². The zero-order valence-corrected chi connectivity index (χ0v) is 20.7. The standard InChI is InChI=1S/C30H28N4O3/c1-20-10-11-24(16-21(20)2)28(35)26-8-3-4-9-27(26)29(36)32-19-23-6-5-7-25(17-23)34-30(37)33-18-22-12-14-31-15-13-22/h3-17H,18-19H2,1-2H3,(H,32,36)(H2,33,34,37). The van der Waals surface area contributed by atoms with Crippen LogP contribution < -0.4 is 16.0 Å². The largest absolute Gasteiger partial charge is 0.348 e. The molecule has 3 N–H and O–H groups in total. The maximum Gasteiger partial charge on any atom is 0.319 e. The second-order valence-corrected chi connectivity index (χ2v) is 8.72. The van der Waals surface area contributed by atoms with E-state index in [2.05, 4.69) is 20.9 Å². The number of aryl methyl sites for hydroxylation is 2. The lowest BCUT2D eigenvalue weighted by atomic mass is 9.95. The van der Waals surface area contributed by atoms with Crippen molar-refractivity contribution >= 4 is 23.4 Å². The second-order valence-electron chi connectivity index (χ2n) is 8.72. The first-order chi connectivity index (χ1) is 17.9. The van der Waals surface area contributed by atoms with Gasteiger partial charge in [0.1, 0.15) is 0 Å². The van der Waals surface area contributed by atoms with Crippen LogP contribution >= 0.6 is 0 Å². The number of rotatable bonds is 8. The van der Waals surface area contributed by atoms with E-state index in [1.54, 1.807) is 60.9 Å². The Hall–Kier alpha value is -4.78. The van der Waals surface area contributed by atoms with Crippen molar-refractivity contribution in [2.75, 3.05) is 5.32 Å². The van der Waals surface area contributed by atoms with E-state index in [-0.39, 0.29) is 24.3 Å². The molecule has 0 saturated carbocycles. The zero-order chi connectivity index (χ0) is 26.2. The number of anilines is 1. The minimum atomic E-state index is -0.346. The number of nitrogens with one attached hydrogen (secondary N) is 3. The van der Waals surface area contributed by atoms with Crippen molar-refractivity contribution in [3.05, 3.63) is 130 Å². The van der Waals surface area contributed by atoms with Gasteiger partial charge in [-0.1, -0.05) is 42.5 Å². The van der Waals surface area contributed by atoms with E-state index in [1.807, 2.05) is 44.2 Å². The molecule has 0 bridgehead atoms. The van der Waals surface area contributed by atoms with Crippen LogP contribution in [0.3, 0.4) is 0 Å². The zero-order valence-electron chi connectivity index (χ0n) is 20.7. The molecule has 0 unspecified atom stereocenters. The van der Waals surface area contributed by atoms with E-state index < -0.39 is 0 Å². The van der Waals surface area contributed by atoms with E-state index in [0.717, 1.165) is 22.3 Å². The minimum Gasteiger partial charge on any atom is -0.348 e. The monoisotopic (exact) mass is 492 g/mol. The molecule has 0 saturated heterocycles. The first-order valence-corrected chi connectivity index (χ1v) is 11.9. The van der Waals surface area contributed by atoms with Gasteiger partial charge in [-0.3, -0.25) is 14.6 Å². The molecule has 7 nitrogen and oxygen atoms in total. The molecule has 0 spiro atoms. The van der Waals surface area contributed by atoms with Crippen molar-refractivity contribution in [1.82, 2.24) is 15.6 Å². The molecule has 186 valence electrons. The summed E-state index contributed by atoms with van der Waals surface area (Å²) in [7, 11) is 0. The quantitative estimate of drug-likeness (QED) is 0.295. The van der Waals surface area contributed by atoms with Crippen molar-refractivity contribution in [2.24, 2.45) is 0 Å². The van der Waals surface area contributed by atoms with Crippen LogP contribution in [-0.2, 0) is 13.1 Å². The van der Waals surface area contributed by atoms with Crippen molar-refractivity contribution in [1.29, 1.82) is 0 Å². The molecule has 0 fully saturated rings. The molecule has 0 atom stereocenters. The van der Waals surface area contributed by atoms with Crippen LogP contribution in [-0.4, -0.2) is 22.7 Å². The molecule has 1 heterocycles. The molecule has 3 aromatic carbocycles. The summed E-state index contributed by atoms with van der Waals surface area (Å²) in [4.78, 5) is 42.4. The summed E-state index contributed by atoms with van der Waals surface area (Å²) in [6.45, 7) is 4.56. The number of carbonyl (C=O) groups is 3. The molecule has 0 aliphatic rings. The predicted octanol–water partition coefficient (Wildman–Crippen LogP) is 5.18. The third kappa shape index (κ3) is 6.67. The maximum atomic E-state index is 13.2. The Labute approximate surface area is 216 Å². The lowest BCUT2D eigenvalue weighted by molar-refractivity contribution is 0.0939. The average molecular weight is 493 g/mol. The number of pyridine rings is 1. The molecule has 0 radical (unpaired) electrons. The molecule has 1 aromatic heterocycles. The fraction of sp³-hybridized carbons (Fsp3) is 0.133. The van der Waals surface area contributed by atoms with Crippen molar-refractivity contribution in [2.45, 2.75) is 26.9 Å². The number of aromatic nitrogens is 1. The SMILES string of the molecule is Cc1ccc(C(=O)c2ccccc2C(=O)NCc2cccc(NC(=O)NCc3ccncc3)c2)cc1C. The lowest BCUT2D eigenvalue weighted by Gasteiger charge is -2.12. The Morgan fingerprint density at radius 2 is 1.43 bits per heavy atom. The van der Waals surface area contributed by atoms with Gasteiger partial charge < -0.3 is 16.0 Å². The summed E-state index contributed by atoms with van der Waals surface area (Å²) in [5.74, 6) is -0.543. The summed E-state index contributed by atoms with van der Waals surface area (Å²) in [5, 5.41) is 8.48. The van der Waals surface area contributed by atoms with Crippen molar-refractivity contribution < 1.29 is 14.4 Å². The number of urea groups is 1. The lowest BCUT2D eigenvalue weighted by Crippen LogP contribution is -2.28. The third-order valence-corrected chi connectivity index (χ3v) is 6.03. The normalized spacial score (nSPS) is 10.4. The summed E-state index contributed by atoms with van der Waals surface area (Å²) in [5.41, 5.74) is 5.68. The van der Waals surface area contributed by atoms with Crippen LogP contribution in [0.15, 0.2) is 91.3 Å². The van der Waals surface area contributed by atoms with Gasteiger partial charge in [0.25, 0.3) is 5.91 Å². The summed E-state index contributed by atoms with van der Waals surface area (Å²) in [6.07, 6.45) is 3.34. The van der Waals surface area contributed by atoms with Gasteiger partial charge in [-0.25, -0.2) is 4.79 Å². The average Bonchev–Trinajstić information content (AvgIpc) is 2.92.